The summed E-state index contributed by atoms with van der Waals surface area (Å²) >= 11 is 1.63. The SMILES string of the molecule is CCCNC1CCc2nc(NC(=O)c3cccc(CN(C)CCC)c3)sc2C1. The summed E-state index contributed by atoms with van der Waals surface area (Å²) in [7, 11) is 2.11. The fraction of sp³-hybridized carbons (Fsp3) is 0.545. The second-order valence-corrected chi connectivity index (χ2v) is 8.76. The Balaban J connectivity index is 1.62. The van der Waals surface area contributed by atoms with Gasteiger partial charge in [-0.05, 0) is 69.9 Å². The molecule has 1 heterocycles. The number of aryl methyl sites for hydroxylation is 1. The molecule has 0 saturated carbocycles. The molecule has 1 atom stereocenters. The van der Waals surface area contributed by atoms with E-state index in [0.29, 0.717) is 11.6 Å². The third-order valence-electron chi connectivity index (χ3n) is 5.09. The van der Waals surface area contributed by atoms with Gasteiger partial charge in [0.25, 0.3) is 5.91 Å². The van der Waals surface area contributed by atoms with E-state index in [9.17, 15) is 4.79 Å². The highest BCUT2D eigenvalue weighted by molar-refractivity contribution is 7.15. The lowest BCUT2D eigenvalue weighted by Gasteiger charge is -2.21. The molecule has 0 spiro atoms. The van der Waals surface area contributed by atoms with E-state index in [1.54, 1.807) is 11.3 Å². The average Bonchev–Trinajstić information content (AvgIpc) is 3.08. The van der Waals surface area contributed by atoms with Gasteiger partial charge in [0.15, 0.2) is 5.13 Å². The Morgan fingerprint density at radius 2 is 2.18 bits per heavy atom. The average molecular weight is 401 g/mol. The van der Waals surface area contributed by atoms with Gasteiger partial charge in [0.1, 0.15) is 0 Å². The zero-order chi connectivity index (χ0) is 19.9. The molecule has 0 radical (unpaired) electrons. The third-order valence-corrected chi connectivity index (χ3v) is 6.13. The van der Waals surface area contributed by atoms with E-state index in [1.165, 1.54) is 4.88 Å². The summed E-state index contributed by atoms with van der Waals surface area (Å²) in [5.74, 6) is -0.0771. The summed E-state index contributed by atoms with van der Waals surface area (Å²) in [5.41, 5.74) is 3.01. The predicted molar refractivity (Wildman–Crippen MR) is 117 cm³/mol. The first-order chi connectivity index (χ1) is 13.6. The van der Waals surface area contributed by atoms with Crippen LogP contribution in [0.4, 0.5) is 5.13 Å². The first kappa shape index (κ1) is 21.0. The lowest BCUT2D eigenvalue weighted by atomic mass is 9.98. The first-order valence-corrected chi connectivity index (χ1v) is 11.2. The van der Waals surface area contributed by atoms with Crippen LogP contribution in [0.1, 0.15) is 59.6 Å². The number of thiazole rings is 1. The van der Waals surface area contributed by atoms with Gasteiger partial charge in [-0.2, -0.15) is 0 Å². The standard InChI is InChI=1S/C22H32N4OS/c1-4-11-23-18-9-10-19-20(14-18)28-22(24-19)25-21(27)17-8-6-7-16(13-17)15-26(3)12-5-2/h6-8,13,18,23H,4-5,9-12,14-15H2,1-3H3,(H,24,25,27). The van der Waals surface area contributed by atoms with Crippen LogP contribution in [0.2, 0.25) is 0 Å². The van der Waals surface area contributed by atoms with Crippen LogP contribution < -0.4 is 10.6 Å². The summed E-state index contributed by atoms with van der Waals surface area (Å²) in [4.78, 5) is 21.0. The van der Waals surface area contributed by atoms with Crippen LogP contribution in [-0.2, 0) is 19.4 Å². The number of nitrogens with zero attached hydrogens (tertiary/aromatic N) is 2. The summed E-state index contributed by atoms with van der Waals surface area (Å²) in [6, 6.07) is 8.43. The Morgan fingerprint density at radius 3 is 2.96 bits per heavy atom. The minimum Gasteiger partial charge on any atom is -0.314 e. The highest BCUT2D eigenvalue weighted by atomic mass is 32.1. The molecule has 0 bridgehead atoms. The Hall–Kier alpha value is -1.76. The summed E-state index contributed by atoms with van der Waals surface area (Å²) in [5, 5.41) is 7.34. The number of rotatable bonds is 9. The van der Waals surface area contributed by atoms with Gasteiger partial charge < -0.3 is 10.2 Å². The molecular weight excluding hydrogens is 368 g/mol. The normalized spacial score (nSPS) is 16.2. The Morgan fingerprint density at radius 1 is 1.32 bits per heavy atom. The molecule has 0 aliphatic heterocycles. The molecule has 1 aliphatic carbocycles. The highest BCUT2D eigenvalue weighted by Crippen LogP contribution is 2.30. The van der Waals surface area contributed by atoms with E-state index in [1.807, 2.05) is 18.2 Å². The van der Waals surface area contributed by atoms with Crippen LogP contribution in [0.25, 0.3) is 0 Å². The smallest absolute Gasteiger partial charge is 0.257 e. The van der Waals surface area contributed by atoms with Gasteiger partial charge >= 0.3 is 0 Å². The largest absolute Gasteiger partial charge is 0.314 e. The van der Waals surface area contributed by atoms with Crippen molar-refractivity contribution in [3.05, 3.63) is 46.0 Å². The van der Waals surface area contributed by atoms with E-state index in [0.717, 1.165) is 68.1 Å². The molecule has 2 aromatic rings. The molecule has 5 nitrogen and oxygen atoms in total. The Labute approximate surface area is 172 Å². The lowest BCUT2D eigenvalue weighted by Crippen LogP contribution is -2.34. The number of carbonyl (C=O) groups is 1. The molecule has 152 valence electrons. The second kappa shape index (κ2) is 10.1. The molecular formula is C22H32N4OS. The third kappa shape index (κ3) is 5.63. The Kier molecular flexibility index (Phi) is 7.59. The minimum atomic E-state index is -0.0771. The van der Waals surface area contributed by atoms with Crippen LogP contribution in [0.5, 0.6) is 0 Å². The summed E-state index contributed by atoms with van der Waals surface area (Å²) < 4.78 is 0. The molecule has 1 amide bonds. The molecule has 0 saturated heterocycles. The topological polar surface area (TPSA) is 57.3 Å². The van der Waals surface area contributed by atoms with Crippen LogP contribution in [-0.4, -0.2) is 42.0 Å². The molecule has 3 rings (SSSR count). The van der Waals surface area contributed by atoms with Crippen LogP contribution in [0.3, 0.4) is 0 Å². The lowest BCUT2D eigenvalue weighted by molar-refractivity contribution is 0.102. The molecule has 1 unspecified atom stereocenters. The maximum atomic E-state index is 12.7. The van der Waals surface area contributed by atoms with Gasteiger partial charge in [-0.3, -0.25) is 10.1 Å². The number of aromatic nitrogens is 1. The van der Waals surface area contributed by atoms with Gasteiger partial charge in [0.2, 0.25) is 0 Å². The number of carbonyl (C=O) groups excluding carboxylic acids is 1. The van der Waals surface area contributed by atoms with E-state index < -0.39 is 0 Å². The van der Waals surface area contributed by atoms with Gasteiger partial charge in [0.05, 0.1) is 5.69 Å². The monoisotopic (exact) mass is 400 g/mol. The van der Waals surface area contributed by atoms with Crippen molar-refractivity contribution in [3.63, 3.8) is 0 Å². The van der Waals surface area contributed by atoms with Crippen molar-refractivity contribution in [3.8, 4) is 0 Å². The van der Waals surface area contributed by atoms with Gasteiger partial charge in [-0.15, -0.1) is 11.3 Å². The molecule has 2 N–H and O–H groups in total. The van der Waals surface area contributed by atoms with Crippen molar-refractivity contribution in [1.29, 1.82) is 0 Å². The van der Waals surface area contributed by atoms with Crippen molar-refractivity contribution in [2.75, 3.05) is 25.5 Å². The van der Waals surface area contributed by atoms with Gasteiger partial charge in [0, 0.05) is 23.0 Å². The molecule has 1 aliphatic rings. The van der Waals surface area contributed by atoms with Crippen molar-refractivity contribution in [2.24, 2.45) is 0 Å². The maximum Gasteiger partial charge on any atom is 0.257 e. The number of nitrogens with one attached hydrogen (secondary N) is 2. The minimum absolute atomic E-state index is 0.0771. The zero-order valence-electron chi connectivity index (χ0n) is 17.3. The van der Waals surface area contributed by atoms with E-state index in [2.05, 4.69) is 47.5 Å². The van der Waals surface area contributed by atoms with Gasteiger partial charge in [-0.1, -0.05) is 26.0 Å². The number of hydrogen-bond donors (Lipinski definition) is 2. The molecule has 0 fully saturated rings. The predicted octanol–water partition coefficient (Wildman–Crippen LogP) is 4.09. The number of hydrogen-bond acceptors (Lipinski definition) is 5. The fourth-order valence-corrected chi connectivity index (χ4v) is 4.79. The molecule has 28 heavy (non-hydrogen) atoms. The van der Waals surface area contributed by atoms with Crippen molar-refractivity contribution in [1.82, 2.24) is 15.2 Å². The number of fused-ring (bicyclic) bond motifs is 1. The maximum absolute atomic E-state index is 12.7. The second-order valence-electron chi connectivity index (χ2n) is 7.68. The van der Waals surface area contributed by atoms with Crippen molar-refractivity contribution < 1.29 is 4.79 Å². The van der Waals surface area contributed by atoms with E-state index in [-0.39, 0.29) is 5.91 Å². The van der Waals surface area contributed by atoms with E-state index in [4.69, 9.17) is 0 Å². The molecule has 6 heteroatoms. The van der Waals surface area contributed by atoms with Crippen LogP contribution in [0, 0.1) is 0 Å². The van der Waals surface area contributed by atoms with Crippen LogP contribution in [0.15, 0.2) is 24.3 Å². The molecule has 1 aromatic carbocycles. The molecule has 1 aromatic heterocycles. The van der Waals surface area contributed by atoms with Crippen LogP contribution >= 0.6 is 11.3 Å². The quantitative estimate of drug-likeness (QED) is 0.665. The summed E-state index contributed by atoms with van der Waals surface area (Å²) in [6.07, 6.45) is 5.41. The zero-order valence-corrected chi connectivity index (χ0v) is 18.1. The first-order valence-electron chi connectivity index (χ1n) is 10.4. The Bertz CT molecular complexity index is 789. The van der Waals surface area contributed by atoms with Gasteiger partial charge in [-0.25, -0.2) is 4.98 Å². The fourth-order valence-electron chi connectivity index (χ4n) is 3.70. The highest BCUT2D eigenvalue weighted by Gasteiger charge is 2.22. The summed E-state index contributed by atoms with van der Waals surface area (Å²) in [6.45, 7) is 7.34. The van der Waals surface area contributed by atoms with E-state index >= 15 is 0 Å². The van der Waals surface area contributed by atoms with Crippen molar-refractivity contribution >= 4 is 22.4 Å². The van der Waals surface area contributed by atoms with Crippen molar-refractivity contribution in [2.45, 2.75) is 58.5 Å². The number of anilines is 1. The number of amides is 1. The number of benzene rings is 1.